The van der Waals surface area contributed by atoms with Crippen molar-refractivity contribution in [2.75, 3.05) is 0 Å². The predicted molar refractivity (Wildman–Crippen MR) is 33.2 cm³/mol. The molecule has 1 heterocycles. The predicted octanol–water partition coefficient (Wildman–Crippen LogP) is 0.611. The largest absolute Gasteiger partial charge is 0.300 e. The minimum absolute atomic E-state index is 0.0777. The maximum Gasteiger partial charge on any atom is 0.147 e. The number of halogens is 1. The van der Waals surface area contributed by atoms with Crippen LogP contribution in [0.1, 0.15) is 5.56 Å². The molecule has 0 aliphatic heterocycles. The average Bonchev–Trinajstić information content (AvgIpc) is 1.94. The van der Waals surface area contributed by atoms with Crippen LogP contribution in [0.5, 0.6) is 0 Å². The minimum Gasteiger partial charge on any atom is -0.300 e. The van der Waals surface area contributed by atoms with Gasteiger partial charge in [-0.05, 0) is 6.07 Å². The molecule has 0 saturated heterocycles. The molecule has 0 amide bonds. The van der Waals surface area contributed by atoms with Crippen LogP contribution in [0.25, 0.3) is 0 Å². The number of rotatable bonds is 2. The first kappa shape index (κ1) is 7.11. The van der Waals surface area contributed by atoms with Gasteiger partial charge in [0.05, 0.1) is 12.8 Å². The maximum atomic E-state index is 12.6. The van der Waals surface area contributed by atoms with Crippen LogP contribution in [0.4, 0.5) is 4.39 Å². The van der Waals surface area contributed by atoms with Gasteiger partial charge in [0.25, 0.3) is 0 Å². The normalized spacial score (nSPS) is 9.80. The van der Waals surface area contributed by atoms with Crippen molar-refractivity contribution < 1.29 is 9.23 Å². The summed E-state index contributed by atoms with van der Waals surface area (Å²) in [5, 5.41) is 0. The van der Waals surface area contributed by atoms with Crippen molar-refractivity contribution in [2.45, 2.75) is 6.61 Å². The summed E-state index contributed by atoms with van der Waals surface area (Å²) in [5.74, 6) is 4.35. The van der Waals surface area contributed by atoms with Crippen LogP contribution in [0, 0.1) is 5.82 Å². The van der Waals surface area contributed by atoms with Crippen LogP contribution >= 0.6 is 0 Å². The van der Waals surface area contributed by atoms with Gasteiger partial charge in [-0.25, -0.2) is 10.3 Å². The second-order valence-electron chi connectivity index (χ2n) is 1.78. The van der Waals surface area contributed by atoms with E-state index in [1.807, 2.05) is 0 Å². The molecule has 0 bridgehead atoms. The van der Waals surface area contributed by atoms with E-state index in [4.69, 9.17) is 5.90 Å². The summed E-state index contributed by atoms with van der Waals surface area (Å²) >= 11 is 0. The molecule has 0 spiro atoms. The summed E-state index contributed by atoms with van der Waals surface area (Å²) < 4.78 is 12.6. The summed E-state index contributed by atoms with van der Waals surface area (Å²) in [5.41, 5.74) is 0.414. The lowest BCUT2D eigenvalue weighted by molar-refractivity contribution is 0.121. The van der Waals surface area contributed by atoms with E-state index >= 15 is 0 Å². The third-order valence-electron chi connectivity index (χ3n) is 1.10. The molecule has 0 aliphatic rings. The van der Waals surface area contributed by atoms with Crippen LogP contribution < -0.4 is 5.90 Å². The van der Waals surface area contributed by atoms with Crippen molar-refractivity contribution in [2.24, 2.45) is 5.90 Å². The third kappa shape index (κ3) is 1.49. The highest BCUT2D eigenvalue weighted by atomic mass is 19.1. The second-order valence-corrected chi connectivity index (χ2v) is 1.78. The molecule has 0 atom stereocenters. The van der Waals surface area contributed by atoms with Crippen molar-refractivity contribution in [3.05, 3.63) is 29.8 Å². The van der Waals surface area contributed by atoms with E-state index in [2.05, 4.69) is 9.82 Å². The van der Waals surface area contributed by atoms with Gasteiger partial charge >= 0.3 is 0 Å². The molecule has 3 nitrogen and oxygen atoms in total. The van der Waals surface area contributed by atoms with Crippen molar-refractivity contribution >= 4 is 0 Å². The molecule has 0 saturated carbocycles. The number of hydrogen-bond acceptors (Lipinski definition) is 3. The number of pyridine rings is 1. The highest BCUT2D eigenvalue weighted by Gasteiger charge is 1.98. The van der Waals surface area contributed by atoms with Crippen molar-refractivity contribution in [1.82, 2.24) is 4.98 Å². The Morgan fingerprint density at radius 1 is 1.70 bits per heavy atom. The fourth-order valence-electron chi connectivity index (χ4n) is 0.611. The van der Waals surface area contributed by atoms with E-state index in [9.17, 15) is 4.39 Å². The SMILES string of the molecule is NOCc1ccncc1F. The van der Waals surface area contributed by atoms with Crippen LogP contribution in [-0.2, 0) is 11.4 Å². The highest BCUT2D eigenvalue weighted by Crippen LogP contribution is 2.03. The number of aromatic nitrogens is 1. The van der Waals surface area contributed by atoms with Gasteiger partial charge < -0.3 is 0 Å². The molecular formula is C6H7FN2O. The van der Waals surface area contributed by atoms with E-state index in [-0.39, 0.29) is 6.61 Å². The Morgan fingerprint density at radius 3 is 3.10 bits per heavy atom. The summed E-state index contributed by atoms with van der Waals surface area (Å²) in [7, 11) is 0. The molecular weight excluding hydrogens is 135 g/mol. The lowest BCUT2D eigenvalue weighted by Crippen LogP contribution is -2.00. The topological polar surface area (TPSA) is 48.1 Å². The highest BCUT2D eigenvalue weighted by molar-refractivity contribution is 5.10. The summed E-state index contributed by atoms with van der Waals surface area (Å²) in [6.07, 6.45) is 2.60. The number of nitrogens with zero attached hydrogens (tertiary/aromatic N) is 1. The zero-order valence-electron chi connectivity index (χ0n) is 5.25. The molecule has 1 aromatic heterocycles. The van der Waals surface area contributed by atoms with Gasteiger partial charge in [-0.1, -0.05) is 0 Å². The quantitative estimate of drug-likeness (QED) is 0.615. The maximum absolute atomic E-state index is 12.6. The Labute approximate surface area is 57.6 Å². The Hall–Kier alpha value is -1.00. The van der Waals surface area contributed by atoms with E-state index in [0.717, 1.165) is 6.20 Å². The zero-order valence-corrected chi connectivity index (χ0v) is 5.25. The Balaban J connectivity index is 2.81. The van der Waals surface area contributed by atoms with Crippen LogP contribution in [-0.4, -0.2) is 4.98 Å². The van der Waals surface area contributed by atoms with Gasteiger partial charge in [-0.15, -0.1) is 0 Å². The lowest BCUT2D eigenvalue weighted by Gasteiger charge is -1.97. The lowest BCUT2D eigenvalue weighted by atomic mass is 10.3. The monoisotopic (exact) mass is 142 g/mol. The molecule has 1 rings (SSSR count). The van der Waals surface area contributed by atoms with Crippen LogP contribution in [0.3, 0.4) is 0 Å². The molecule has 0 aliphatic carbocycles. The summed E-state index contributed by atoms with van der Waals surface area (Å²) in [6, 6.07) is 1.52. The molecule has 1 aromatic rings. The van der Waals surface area contributed by atoms with E-state index < -0.39 is 5.82 Å². The van der Waals surface area contributed by atoms with Gasteiger partial charge in [-0.3, -0.25) is 9.82 Å². The van der Waals surface area contributed by atoms with Crippen LogP contribution in [0.2, 0.25) is 0 Å². The first-order valence-corrected chi connectivity index (χ1v) is 2.74. The Morgan fingerprint density at radius 2 is 2.50 bits per heavy atom. The Bertz CT molecular complexity index is 217. The first-order chi connectivity index (χ1) is 4.84. The van der Waals surface area contributed by atoms with Gasteiger partial charge in [0.1, 0.15) is 5.82 Å². The van der Waals surface area contributed by atoms with E-state index in [1.54, 1.807) is 0 Å². The molecule has 0 radical (unpaired) electrons. The standard InChI is InChI=1S/C6H7FN2O/c7-6-3-9-2-1-5(6)4-10-8/h1-3H,4,8H2. The molecule has 0 fully saturated rings. The third-order valence-corrected chi connectivity index (χ3v) is 1.10. The number of nitrogens with two attached hydrogens (primary N) is 1. The smallest absolute Gasteiger partial charge is 0.147 e. The fourth-order valence-corrected chi connectivity index (χ4v) is 0.611. The molecule has 2 N–H and O–H groups in total. The minimum atomic E-state index is -0.395. The van der Waals surface area contributed by atoms with Crippen molar-refractivity contribution in [3.8, 4) is 0 Å². The van der Waals surface area contributed by atoms with Gasteiger partial charge in [0.2, 0.25) is 0 Å². The van der Waals surface area contributed by atoms with E-state index in [0.29, 0.717) is 5.56 Å². The molecule has 10 heavy (non-hydrogen) atoms. The molecule has 0 unspecified atom stereocenters. The van der Waals surface area contributed by atoms with Crippen molar-refractivity contribution in [1.29, 1.82) is 0 Å². The fraction of sp³-hybridized carbons (Fsp3) is 0.167. The number of hydrogen-bond donors (Lipinski definition) is 1. The molecule has 0 aromatic carbocycles. The van der Waals surface area contributed by atoms with Gasteiger partial charge in [-0.2, -0.15) is 0 Å². The molecule has 4 heteroatoms. The van der Waals surface area contributed by atoms with Gasteiger partial charge in [0, 0.05) is 11.8 Å². The van der Waals surface area contributed by atoms with Crippen LogP contribution in [0.15, 0.2) is 18.5 Å². The Kier molecular flexibility index (Phi) is 2.30. The zero-order chi connectivity index (χ0) is 7.40. The second kappa shape index (κ2) is 3.24. The molecule has 54 valence electrons. The van der Waals surface area contributed by atoms with E-state index in [1.165, 1.54) is 12.3 Å². The summed E-state index contributed by atoms with van der Waals surface area (Å²) in [4.78, 5) is 7.80. The first-order valence-electron chi connectivity index (χ1n) is 2.74. The van der Waals surface area contributed by atoms with Gasteiger partial charge in [0.15, 0.2) is 0 Å². The summed E-state index contributed by atoms with van der Waals surface area (Å²) in [6.45, 7) is 0.0777. The average molecular weight is 142 g/mol. The van der Waals surface area contributed by atoms with Crippen molar-refractivity contribution in [3.63, 3.8) is 0 Å².